The van der Waals surface area contributed by atoms with Gasteiger partial charge in [-0.15, -0.1) is 0 Å². The molecule has 2 heteroatoms. The van der Waals surface area contributed by atoms with Gasteiger partial charge in [0.25, 0.3) is 0 Å². The maximum absolute atomic E-state index is 12.6. The van der Waals surface area contributed by atoms with E-state index in [-0.39, 0.29) is 0 Å². The van der Waals surface area contributed by atoms with Crippen LogP contribution in [0.3, 0.4) is 0 Å². The van der Waals surface area contributed by atoms with Crippen molar-refractivity contribution in [1.82, 2.24) is 4.90 Å². The maximum atomic E-state index is 12.6. The second kappa shape index (κ2) is 6.95. The lowest BCUT2D eigenvalue weighted by Crippen LogP contribution is -2.52. The zero-order valence-electron chi connectivity index (χ0n) is 14.8. The van der Waals surface area contributed by atoms with Crippen molar-refractivity contribution in [3.63, 3.8) is 0 Å². The molecule has 1 amide bonds. The number of carbonyl (C=O) groups is 1. The molecule has 1 aliphatic rings. The molecule has 0 bridgehead atoms. The predicted octanol–water partition coefficient (Wildman–Crippen LogP) is 4.59. The monoisotopic (exact) mass is 281 g/mol. The highest BCUT2D eigenvalue weighted by atomic mass is 16.2. The molecule has 0 aliphatic carbocycles. The van der Waals surface area contributed by atoms with Crippen molar-refractivity contribution in [2.24, 2.45) is 29.6 Å². The molecule has 0 aromatic carbocycles. The molecule has 0 aromatic rings. The van der Waals surface area contributed by atoms with Crippen LogP contribution in [0.1, 0.15) is 68.2 Å². The van der Waals surface area contributed by atoms with Gasteiger partial charge in [0.15, 0.2) is 0 Å². The summed E-state index contributed by atoms with van der Waals surface area (Å²) in [6, 6.07) is 0.694. The van der Waals surface area contributed by atoms with Crippen molar-refractivity contribution in [3.05, 3.63) is 0 Å². The third-order valence-corrected chi connectivity index (χ3v) is 5.05. The molecule has 0 saturated carbocycles. The minimum absolute atomic E-state index is 0.307. The quantitative estimate of drug-likeness (QED) is 0.738. The van der Waals surface area contributed by atoms with E-state index in [0.717, 1.165) is 12.8 Å². The number of hydrogen-bond acceptors (Lipinski definition) is 1. The maximum Gasteiger partial charge on any atom is 0.223 e. The van der Waals surface area contributed by atoms with E-state index in [1.165, 1.54) is 0 Å². The Balaban J connectivity index is 3.27. The normalized spacial score (nSPS) is 28.9. The van der Waals surface area contributed by atoms with Crippen LogP contribution in [-0.4, -0.2) is 22.9 Å². The topological polar surface area (TPSA) is 20.3 Å². The molecule has 2 nitrogen and oxygen atoms in total. The summed E-state index contributed by atoms with van der Waals surface area (Å²) in [5.41, 5.74) is 0. The summed E-state index contributed by atoms with van der Waals surface area (Å²) in [7, 11) is 0. The standard InChI is InChI=1S/C18H35NO/c1-11(2)15-9-10-16(20)19(14(7)8)18(13(5)6)17(15)12(3)4/h11-15,17-18H,9-10H2,1-8H3. The van der Waals surface area contributed by atoms with Gasteiger partial charge in [0.05, 0.1) is 0 Å². The summed E-state index contributed by atoms with van der Waals surface area (Å²) in [6.45, 7) is 18.2. The summed E-state index contributed by atoms with van der Waals surface area (Å²) in [6.07, 6.45) is 1.79. The number of amides is 1. The first-order chi connectivity index (χ1) is 9.18. The molecular formula is C18H35NO. The number of likely N-dealkylation sites (tertiary alicyclic amines) is 1. The zero-order valence-corrected chi connectivity index (χ0v) is 14.8. The van der Waals surface area contributed by atoms with E-state index < -0.39 is 0 Å². The minimum Gasteiger partial charge on any atom is -0.337 e. The van der Waals surface area contributed by atoms with Crippen LogP contribution in [0.25, 0.3) is 0 Å². The van der Waals surface area contributed by atoms with Crippen LogP contribution in [0.5, 0.6) is 0 Å². The van der Waals surface area contributed by atoms with Gasteiger partial charge in [0.1, 0.15) is 0 Å². The Hall–Kier alpha value is -0.530. The van der Waals surface area contributed by atoms with E-state index in [4.69, 9.17) is 0 Å². The van der Waals surface area contributed by atoms with Crippen LogP contribution in [0.2, 0.25) is 0 Å². The lowest BCUT2D eigenvalue weighted by Gasteiger charge is -2.45. The van der Waals surface area contributed by atoms with Crippen LogP contribution >= 0.6 is 0 Å². The van der Waals surface area contributed by atoms with E-state index in [1.54, 1.807) is 0 Å². The van der Waals surface area contributed by atoms with Crippen molar-refractivity contribution >= 4 is 5.91 Å². The highest BCUT2D eigenvalue weighted by Crippen LogP contribution is 2.41. The first-order valence-electron chi connectivity index (χ1n) is 8.49. The molecule has 0 radical (unpaired) electrons. The Kier molecular flexibility index (Phi) is 6.09. The van der Waals surface area contributed by atoms with Gasteiger partial charge in [-0.25, -0.2) is 0 Å². The fraction of sp³-hybridized carbons (Fsp3) is 0.944. The SMILES string of the molecule is CC(C)C1CCC(=O)N(C(C)C)C(C(C)C)C1C(C)C. The Morgan fingerprint density at radius 1 is 0.900 bits per heavy atom. The van der Waals surface area contributed by atoms with Gasteiger partial charge in [-0.05, 0) is 49.9 Å². The Bertz CT molecular complexity index is 319. The summed E-state index contributed by atoms with van der Waals surface area (Å²) in [4.78, 5) is 14.8. The van der Waals surface area contributed by atoms with Crippen molar-refractivity contribution in [1.29, 1.82) is 0 Å². The smallest absolute Gasteiger partial charge is 0.223 e. The van der Waals surface area contributed by atoms with Crippen molar-refractivity contribution in [3.8, 4) is 0 Å². The van der Waals surface area contributed by atoms with Gasteiger partial charge in [0.2, 0.25) is 5.91 Å². The fourth-order valence-corrected chi connectivity index (χ4v) is 4.28. The third-order valence-electron chi connectivity index (χ3n) is 5.05. The van der Waals surface area contributed by atoms with E-state index >= 15 is 0 Å². The Morgan fingerprint density at radius 3 is 1.80 bits per heavy atom. The fourth-order valence-electron chi connectivity index (χ4n) is 4.28. The van der Waals surface area contributed by atoms with E-state index in [2.05, 4.69) is 60.3 Å². The second-order valence-electron chi connectivity index (χ2n) is 7.90. The van der Waals surface area contributed by atoms with Crippen LogP contribution in [0.4, 0.5) is 0 Å². The van der Waals surface area contributed by atoms with Crippen LogP contribution < -0.4 is 0 Å². The largest absolute Gasteiger partial charge is 0.337 e. The molecule has 1 fully saturated rings. The van der Waals surface area contributed by atoms with Gasteiger partial charge in [-0.1, -0.05) is 41.5 Å². The molecule has 1 aliphatic heterocycles. The molecule has 0 spiro atoms. The number of rotatable bonds is 4. The molecule has 1 rings (SSSR count). The number of hydrogen-bond donors (Lipinski definition) is 0. The molecule has 0 N–H and O–H groups in total. The van der Waals surface area contributed by atoms with Gasteiger partial charge >= 0.3 is 0 Å². The third kappa shape index (κ3) is 3.56. The minimum atomic E-state index is 0.307. The van der Waals surface area contributed by atoms with Crippen LogP contribution in [0.15, 0.2) is 0 Å². The van der Waals surface area contributed by atoms with E-state index in [9.17, 15) is 4.79 Å². The average molecular weight is 281 g/mol. The lowest BCUT2D eigenvalue weighted by atomic mass is 9.69. The van der Waals surface area contributed by atoms with Gasteiger partial charge in [-0.3, -0.25) is 4.79 Å². The molecule has 1 saturated heterocycles. The summed E-state index contributed by atoms with van der Waals surface area (Å²) >= 11 is 0. The highest BCUT2D eigenvalue weighted by molar-refractivity contribution is 5.77. The summed E-state index contributed by atoms with van der Waals surface area (Å²) in [5.74, 6) is 3.45. The lowest BCUT2D eigenvalue weighted by molar-refractivity contribution is -0.137. The van der Waals surface area contributed by atoms with E-state index in [1.807, 2.05) is 0 Å². The Labute approximate surface area is 126 Å². The zero-order chi connectivity index (χ0) is 15.6. The first kappa shape index (κ1) is 17.5. The molecule has 1 heterocycles. The van der Waals surface area contributed by atoms with Gasteiger partial charge in [-0.2, -0.15) is 0 Å². The average Bonchev–Trinajstić information content (AvgIpc) is 2.45. The molecule has 118 valence electrons. The molecule has 3 unspecified atom stereocenters. The van der Waals surface area contributed by atoms with E-state index in [0.29, 0.717) is 47.6 Å². The molecule has 0 aromatic heterocycles. The molecule has 20 heavy (non-hydrogen) atoms. The summed E-state index contributed by atoms with van der Waals surface area (Å²) in [5, 5.41) is 0. The second-order valence-corrected chi connectivity index (χ2v) is 7.90. The van der Waals surface area contributed by atoms with Crippen molar-refractivity contribution < 1.29 is 4.79 Å². The number of nitrogens with zero attached hydrogens (tertiary/aromatic N) is 1. The van der Waals surface area contributed by atoms with Gasteiger partial charge < -0.3 is 4.90 Å². The first-order valence-corrected chi connectivity index (χ1v) is 8.49. The molecule has 3 atom stereocenters. The van der Waals surface area contributed by atoms with Gasteiger partial charge in [0, 0.05) is 18.5 Å². The Morgan fingerprint density at radius 2 is 1.45 bits per heavy atom. The van der Waals surface area contributed by atoms with Crippen LogP contribution in [-0.2, 0) is 4.79 Å². The van der Waals surface area contributed by atoms with Crippen molar-refractivity contribution in [2.45, 2.75) is 80.3 Å². The summed E-state index contributed by atoms with van der Waals surface area (Å²) < 4.78 is 0. The van der Waals surface area contributed by atoms with Crippen LogP contribution in [0, 0.1) is 29.6 Å². The highest BCUT2D eigenvalue weighted by Gasteiger charge is 2.43. The number of carbonyl (C=O) groups excluding carboxylic acids is 1. The predicted molar refractivity (Wildman–Crippen MR) is 86.5 cm³/mol. The van der Waals surface area contributed by atoms with Crippen molar-refractivity contribution in [2.75, 3.05) is 0 Å². The molecular weight excluding hydrogens is 246 g/mol.